The Morgan fingerprint density at radius 2 is 2.11 bits per heavy atom. The van der Waals surface area contributed by atoms with E-state index in [4.69, 9.17) is 0 Å². The predicted octanol–water partition coefficient (Wildman–Crippen LogP) is 2.15. The van der Waals surface area contributed by atoms with Crippen LogP contribution in [-0.2, 0) is 13.1 Å². The molecule has 2 aromatic rings. The molecular weight excluding hydrogens is 224 g/mol. The van der Waals surface area contributed by atoms with Gasteiger partial charge < -0.3 is 10.2 Å². The van der Waals surface area contributed by atoms with E-state index in [2.05, 4.69) is 58.5 Å². The summed E-state index contributed by atoms with van der Waals surface area (Å²) in [5, 5.41) is 3.37. The van der Waals surface area contributed by atoms with Gasteiger partial charge in [0.2, 0.25) is 0 Å². The van der Waals surface area contributed by atoms with Crippen LogP contribution in [0.1, 0.15) is 11.3 Å². The highest BCUT2D eigenvalue weighted by molar-refractivity contribution is 5.45. The Morgan fingerprint density at radius 3 is 2.83 bits per heavy atom. The van der Waals surface area contributed by atoms with Crippen LogP contribution in [0.25, 0.3) is 0 Å². The third kappa shape index (κ3) is 3.82. The number of hydrogen-bond acceptors (Lipinski definition) is 4. The third-order valence-electron chi connectivity index (χ3n) is 2.54. The van der Waals surface area contributed by atoms with Gasteiger partial charge in [0.05, 0.1) is 12.2 Å². The standard InChI is InChI=1S/C14H18N4/c1-18(2)10-12-4-3-5-13(8-12)16-9-14-6-7-15-11-17-14/h3-8,11,16H,9-10H2,1-2H3. The van der Waals surface area contributed by atoms with Crippen LogP contribution in [0, 0.1) is 0 Å². The van der Waals surface area contributed by atoms with Crippen LogP contribution >= 0.6 is 0 Å². The second-order valence-corrected chi connectivity index (χ2v) is 4.49. The van der Waals surface area contributed by atoms with Crippen LogP contribution in [0.5, 0.6) is 0 Å². The first kappa shape index (κ1) is 12.5. The Kier molecular flexibility index (Phi) is 4.25. The SMILES string of the molecule is CN(C)Cc1cccc(NCc2ccncn2)c1. The minimum atomic E-state index is 0.716. The Bertz CT molecular complexity index is 482. The first-order chi connectivity index (χ1) is 8.74. The molecule has 0 amide bonds. The van der Waals surface area contributed by atoms with Crippen molar-refractivity contribution in [1.29, 1.82) is 0 Å². The van der Waals surface area contributed by atoms with Gasteiger partial charge in [-0.15, -0.1) is 0 Å². The molecule has 0 atom stereocenters. The summed E-state index contributed by atoms with van der Waals surface area (Å²) in [5.41, 5.74) is 3.41. The highest BCUT2D eigenvalue weighted by Crippen LogP contribution is 2.12. The van der Waals surface area contributed by atoms with Crippen LogP contribution in [0.3, 0.4) is 0 Å². The van der Waals surface area contributed by atoms with Gasteiger partial charge in [0.1, 0.15) is 6.33 Å². The monoisotopic (exact) mass is 242 g/mol. The van der Waals surface area contributed by atoms with Gasteiger partial charge in [-0.25, -0.2) is 9.97 Å². The van der Waals surface area contributed by atoms with Gasteiger partial charge in [-0.3, -0.25) is 0 Å². The fourth-order valence-corrected chi connectivity index (χ4v) is 1.76. The van der Waals surface area contributed by atoms with Gasteiger partial charge in [0.15, 0.2) is 0 Å². The largest absolute Gasteiger partial charge is 0.379 e. The Morgan fingerprint density at radius 1 is 1.22 bits per heavy atom. The summed E-state index contributed by atoms with van der Waals surface area (Å²) in [5.74, 6) is 0. The molecule has 0 saturated heterocycles. The van der Waals surface area contributed by atoms with Crippen LogP contribution in [0.2, 0.25) is 0 Å². The fourth-order valence-electron chi connectivity index (χ4n) is 1.76. The molecule has 0 aliphatic heterocycles. The van der Waals surface area contributed by atoms with Gasteiger partial charge in [-0.1, -0.05) is 12.1 Å². The van der Waals surface area contributed by atoms with Crippen LogP contribution < -0.4 is 5.32 Å². The topological polar surface area (TPSA) is 41.0 Å². The lowest BCUT2D eigenvalue weighted by Gasteiger charge is -2.11. The zero-order valence-corrected chi connectivity index (χ0v) is 10.8. The van der Waals surface area contributed by atoms with E-state index in [1.807, 2.05) is 6.07 Å². The summed E-state index contributed by atoms with van der Waals surface area (Å²) in [6.45, 7) is 1.66. The molecule has 1 N–H and O–H groups in total. The average molecular weight is 242 g/mol. The molecule has 2 rings (SSSR count). The Labute approximate surface area is 108 Å². The lowest BCUT2D eigenvalue weighted by molar-refractivity contribution is 0.402. The van der Waals surface area contributed by atoms with Crippen molar-refractivity contribution in [2.45, 2.75) is 13.1 Å². The third-order valence-corrected chi connectivity index (χ3v) is 2.54. The van der Waals surface area contributed by atoms with Crippen molar-refractivity contribution in [3.63, 3.8) is 0 Å². The van der Waals surface area contributed by atoms with Gasteiger partial charge in [-0.2, -0.15) is 0 Å². The summed E-state index contributed by atoms with van der Waals surface area (Å²) in [7, 11) is 4.14. The molecule has 1 heterocycles. The second-order valence-electron chi connectivity index (χ2n) is 4.49. The molecule has 1 aromatic heterocycles. The summed E-state index contributed by atoms with van der Waals surface area (Å²) in [4.78, 5) is 10.2. The summed E-state index contributed by atoms with van der Waals surface area (Å²) >= 11 is 0. The number of nitrogens with one attached hydrogen (secondary N) is 1. The Balaban J connectivity index is 1.97. The van der Waals surface area contributed by atoms with E-state index in [1.165, 1.54) is 5.56 Å². The average Bonchev–Trinajstić information content (AvgIpc) is 2.37. The molecule has 4 heteroatoms. The number of benzene rings is 1. The fraction of sp³-hybridized carbons (Fsp3) is 0.286. The Hall–Kier alpha value is -1.94. The number of nitrogens with zero attached hydrogens (tertiary/aromatic N) is 3. The molecular formula is C14H18N4. The lowest BCUT2D eigenvalue weighted by Crippen LogP contribution is -2.10. The number of hydrogen-bond donors (Lipinski definition) is 1. The number of anilines is 1. The molecule has 0 bridgehead atoms. The molecule has 0 aliphatic rings. The minimum absolute atomic E-state index is 0.716. The van der Waals surface area contributed by atoms with Crippen LogP contribution in [0.4, 0.5) is 5.69 Å². The van der Waals surface area contributed by atoms with Crippen molar-refractivity contribution >= 4 is 5.69 Å². The maximum absolute atomic E-state index is 4.18. The van der Waals surface area contributed by atoms with Crippen molar-refractivity contribution < 1.29 is 0 Å². The van der Waals surface area contributed by atoms with E-state index in [9.17, 15) is 0 Å². The molecule has 94 valence electrons. The van der Waals surface area contributed by atoms with Gasteiger partial charge >= 0.3 is 0 Å². The van der Waals surface area contributed by atoms with Crippen molar-refractivity contribution in [2.75, 3.05) is 19.4 Å². The zero-order valence-electron chi connectivity index (χ0n) is 10.8. The molecule has 4 nitrogen and oxygen atoms in total. The minimum Gasteiger partial charge on any atom is -0.379 e. The quantitative estimate of drug-likeness (QED) is 0.872. The van der Waals surface area contributed by atoms with E-state index in [-0.39, 0.29) is 0 Å². The molecule has 0 radical (unpaired) electrons. The summed E-state index contributed by atoms with van der Waals surface area (Å²) < 4.78 is 0. The maximum Gasteiger partial charge on any atom is 0.115 e. The summed E-state index contributed by atoms with van der Waals surface area (Å²) in [6.07, 6.45) is 3.33. The first-order valence-electron chi connectivity index (χ1n) is 5.96. The highest BCUT2D eigenvalue weighted by Gasteiger charge is 1.98. The molecule has 0 spiro atoms. The second kappa shape index (κ2) is 6.12. The van der Waals surface area contributed by atoms with E-state index in [0.717, 1.165) is 17.9 Å². The van der Waals surface area contributed by atoms with Gasteiger partial charge in [-0.05, 0) is 37.9 Å². The molecule has 1 aromatic carbocycles. The summed E-state index contributed by atoms with van der Waals surface area (Å²) in [6, 6.07) is 10.4. The van der Waals surface area contributed by atoms with Crippen LogP contribution in [-0.4, -0.2) is 29.0 Å². The first-order valence-corrected chi connectivity index (χ1v) is 5.96. The van der Waals surface area contributed by atoms with Gasteiger partial charge in [0.25, 0.3) is 0 Å². The smallest absolute Gasteiger partial charge is 0.115 e. The van der Waals surface area contributed by atoms with Crippen molar-refractivity contribution in [1.82, 2.24) is 14.9 Å². The van der Waals surface area contributed by atoms with Crippen LogP contribution in [0.15, 0.2) is 42.9 Å². The molecule has 0 unspecified atom stereocenters. The van der Waals surface area contributed by atoms with Crippen molar-refractivity contribution in [2.24, 2.45) is 0 Å². The number of aromatic nitrogens is 2. The van der Waals surface area contributed by atoms with Crippen molar-refractivity contribution in [3.05, 3.63) is 54.1 Å². The normalized spacial score (nSPS) is 10.6. The molecule has 18 heavy (non-hydrogen) atoms. The van der Waals surface area contributed by atoms with Crippen molar-refractivity contribution in [3.8, 4) is 0 Å². The highest BCUT2D eigenvalue weighted by atomic mass is 15.0. The maximum atomic E-state index is 4.18. The predicted molar refractivity (Wildman–Crippen MR) is 73.2 cm³/mol. The molecule has 0 aliphatic carbocycles. The van der Waals surface area contributed by atoms with E-state index >= 15 is 0 Å². The molecule has 0 fully saturated rings. The van der Waals surface area contributed by atoms with E-state index < -0.39 is 0 Å². The van der Waals surface area contributed by atoms with E-state index in [1.54, 1.807) is 12.5 Å². The zero-order chi connectivity index (χ0) is 12.8. The van der Waals surface area contributed by atoms with Gasteiger partial charge in [0, 0.05) is 18.4 Å². The number of rotatable bonds is 5. The molecule has 0 saturated carbocycles. The lowest BCUT2D eigenvalue weighted by atomic mass is 10.2. The van der Waals surface area contributed by atoms with E-state index in [0.29, 0.717) is 6.54 Å².